The number of nitrogens with one attached hydrogen (secondary N) is 1. The highest BCUT2D eigenvalue weighted by Crippen LogP contribution is 2.19. The molecule has 0 spiro atoms. The van der Waals surface area contributed by atoms with E-state index in [1.807, 2.05) is 12.2 Å². The Morgan fingerprint density at radius 3 is 3.07 bits per heavy atom. The van der Waals surface area contributed by atoms with Crippen molar-refractivity contribution in [2.75, 3.05) is 0 Å². The Bertz CT molecular complexity index is 420. The number of aromatic nitrogens is 1. The quantitative estimate of drug-likeness (QED) is 0.642. The molecule has 2 nitrogen and oxygen atoms in total. The molecule has 1 aromatic heterocycles. The number of aromatic amines is 1. The first-order valence-corrected chi connectivity index (χ1v) is 5.44. The zero-order valence-corrected chi connectivity index (χ0v) is 9.99. The maximum absolute atomic E-state index is 10.9. The summed E-state index contributed by atoms with van der Waals surface area (Å²) in [5.74, 6) is 0.206. The number of halogens is 1. The summed E-state index contributed by atoms with van der Waals surface area (Å²) < 4.78 is 0. The van der Waals surface area contributed by atoms with E-state index in [2.05, 4.69) is 17.1 Å². The van der Waals surface area contributed by atoms with Gasteiger partial charge in [0.2, 0.25) is 10.7 Å². The maximum atomic E-state index is 10.9. The van der Waals surface area contributed by atoms with Crippen LogP contribution in [0.4, 0.5) is 0 Å². The molecule has 1 aromatic rings. The van der Waals surface area contributed by atoms with Crippen LogP contribution in [0.1, 0.15) is 22.5 Å². The number of hydrogen-bond acceptors (Lipinski definition) is 2. The molecule has 0 aliphatic heterocycles. The van der Waals surface area contributed by atoms with Gasteiger partial charge >= 0.3 is 0 Å². The SMILES string of the molecule is CC(=O)Cc1[nH+]c2c(s1)C=CC=CC2.[Cl-]. The first-order chi connectivity index (χ1) is 6.75. The maximum Gasteiger partial charge on any atom is 0.243 e. The average Bonchev–Trinajstić information content (AvgIpc) is 2.34. The van der Waals surface area contributed by atoms with Crippen LogP contribution in [0.15, 0.2) is 18.2 Å². The van der Waals surface area contributed by atoms with Gasteiger partial charge in [0.25, 0.3) is 0 Å². The molecule has 4 heteroatoms. The molecule has 0 unspecified atom stereocenters. The topological polar surface area (TPSA) is 31.2 Å². The van der Waals surface area contributed by atoms with Crippen LogP contribution in [0, 0.1) is 0 Å². The number of carbonyl (C=O) groups is 1. The van der Waals surface area contributed by atoms with E-state index in [-0.39, 0.29) is 18.2 Å². The number of thiazole rings is 1. The van der Waals surface area contributed by atoms with Gasteiger partial charge in [-0.1, -0.05) is 29.6 Å². The smallest absolute Gasteiger partial charge is 0.243 e. The third-order valence-electron chi connectivity index (χ3n) is 2.05. The Morgan fingerprint density at radius 2 is 2.33 bits per heavy atom. The van der Waals surface area contributed by atoms with Crippen LogP contribution in [0.3, 0.4) is 0 Å². The average molecular weight is 242 g/mol. The lowest BCUT2D eigenvalue weighted by Gasteiger charge is -1.82. The molecule has 15 heavy (non-hydrogen) atoms. The molecule has 1 N–H and O–H groups in total. The Labute approximate surface area is 99.1 Å². The third kappa shape index (κ3) is 3.01. The van der Waals surface area contributed by atoms with Crippen LogP contribution in [0.2, 0.25) is 0 Å². The fourth-order valence-corrected chi connectivity index (χ4v) is 2.57. The van der Waals surface area contributed by atoms with Gasteiger partial charge in [-0.05, 0) is 13.0 Å². The third-order valence-corrected chi connectivity index (χ3v) is 3.14. The highest BCUT2D eigenvalue weighted by molar-refractivity contribution is 7.12. The molecule has 80 valence electrons. The van der Waals surface area contributed by atoms with Gasteiger partial charge in [-0.25, -0.2) is 4.98 Å². The molecule has 1 aliphatic rings. The summed E-state index contributed by atoms with van der Waals surface area (Å²) in [5, 5.41) is 1.06. The summed E-state index contributed by atoms with van der Waals surface area (Å²) in [6.45, 7) is 1.62. The van der Waals surface area contributed by atoms with E-state index in [0.717, 1.165) is 11.4 Å². The van der Waals surface area contributed by atoms with Gasteiger partial charge in [0.15, 0.2) is 0 Å². The molecule has 0 saturated carbocycles. The Balaban J connectivity index is 0.00000112. The number of Topliss-reactive ketones (excluding diaryl/α,β-unsaturated/α-hetero) is 1. The van der Waals surface area contributed by atoms with Gasteiger partial charge in [0.05, 0.1) is 6.42 Å². The van der Waals surface area contributed by atoms with Crippen molar-refractivity contribution < 1.29 is 22.2 Å². The predicted molar refractivity (Wildman–Crippen MR) is 57.1 cm³/mol. The number of carbonyl (C=O) groups excluding carboxylic acids is 1. The van der Waals surface area contributed by atoms with E-state index in [0.29, 0.717) is 6.42 Å². The first-order valence-electron chi connectivity index (χ1n) is 4.62. The lowest BCUT2D eigenvalue weighted by molar-refractivity contribution is -0.392. The lowest BCUT2D eigenvalue weighted by Crippen LogP contribution is -3.00. The van der Waals surface area contributed by atoms with Gasteiger partial charge in [0.1, 0.15) is 17.1 Å². The van der Waals surface area contributed by atoms with Crippen molar-refractivity contribution in [2.24, 2.45) is 0 Å². The largest absolute Gasteiger partial charge is 1.00 e. The van der Waals surface area contributed by atoms with Gasteiger partial charge in [0, 0.05) is 0 Å². The minimum absolute atomic E-state index is 0. The minimum Gasteiger partial charge on any atom is -1.00 e. The van der Waals surface area contributed by atoms with E-state index >= 15 is 0 Å². The van der Waals surface area contributed by atoms with Crippen molar-refractivity contribution in [1.82, 2.24) is 0 Å². The van der Waals surface area contributed by atoms with Crippen LogP contribution in [-0.2, 0) is 17.6 Å². The highest BCUT2D eigenvalue weighted by atomic mass is 35.5. The van der Waals surface area contributed by atoms with Crippen molar-refractivity contribution >= 4 is 23.2 Å². The Kier molecular flexibility index (Phi) is 4.24. The molecule has 1 aliphatic carbocycles. The molecular formula is C11H12ClNOS. The summed E-state index contributed by atoms with van der Waals surface area (Å²) in [6, 6.07) is 0. The number of allylic oxidation sites excluding steroid dienone is 3. The molecule has 2 rings (SSSR count). The molecule has 0 saturated heterocycles. The van der Waals surface area contributed by atoms with Crippen molar-refractivity contribution in [3.8, 4) is 0 Å². The molecule has 0 atom stereocenters. The number of hydrogen-bond donors (Lipinski definition) is 0. The van der Waals surface area contributed by atoms with Crippen molar-refractivity contribution in [2.45, 2.75) is 19.8 Å². The van der Waals surface area contributed by atoms with Crippen LogP contribution >= 0.6 is 11.3 Å². The second kappa shape index (κ2) is 5.24. The first kappa shape index (κ1) is 12.1. The van der Waals surface area contributed by atoms with E-state index in [9.17, 15) is 4.79 Å². The van der Waals surface area contributed by atoms with Gasteiger partial charge in [-0.15, -0.1) is 0 Å². The Hall–Kier alpha value is -0.930. The molecule has 0 fully saturated rings. The van der Waals surface area contributed by atoms with Crippen LogP contribution in [0.5, 0.6) is 0 Å². The van der Waals surface area contributed by atoms with Crippen LogP contribution in [0.25, 0.3) is 6.08 Å². The van der Waals surface area contributed by atoms with Crippen molar-refractivity contribution in [1.29, 1.82) is 0 Å². The number of H-pyrrole nitrogens is 1. The fraction of sp³-hybridized carbons (Fsp3) is 0.273. The molecule has 0 radical (unpaired) electrons. The predicted octanol–water partition coefficient (Wildman–Crippen LogP) is -1.18. The number of fused-ring (bicyclic) bond motifs is 1. The zero-order valence-electron chi connectivity index (χ0n) is 8.42. The van der Waals surface area contributed by atoms with Gasteiger partial charge in [-0.2, -0.15) is 0 Å². The highest BCUT2D eigenvalue weighted by Gasteiger charge is 2.17. The van der Waals surface area contributed by atoms with E-state index in [1.165, 1.54) is 10.6 Å². The van der Waals surface area contributed by atoms with Gasteiger partial charge < -0.3 is 12.4 Å². The van der Waals surface area contributed by atoms with E-state index in [4.69, 9.17) is 0 Å². The summed E-state index contributed by atoms with van der Waals surface area (Å²) >= 11 is 1.67. The van der Waals surface area contributed by atoms with Crippen LogP contribution in [-0.4, -0.2) is 5.78 Å². The zero-order chi connectivity index (χ0) is 9.97. The normalized spacial score (nSPS) is 12.9. The summed E-state index contributed by atoms with van der Waals surface area (Å²) in [4.78, 5) is 15.5. The lowest BCUT2D eigenvalue weighted by atomic mass is 10.3. The second-order valence-electron chi connectivity index (χ2n) is 3.36. The molecule has 0 bridgehead atoms. The van der Waals surface area contributed by atoms with Crippen molar-refractivity contribution in [3.63, 3.8) is 0 Å². The summed E-state index contributed by atoms with van der Waals surface area (Å²) in [6.07, 6.45) is 9.73. The van der Waals surface area contributed by atoms with Crippen molar-refractivity contribution in [3.05, 3.63) is 33.8 Å². The summed E-state index contributed by atoms with van der Waals surface area (Å²) in [5.41, 5.74) is 1.22. The second-order valence-corrected chi connectivity index (χ2v) is 4.50. The number of rotatable bonds is 2. The minimum atomic E-state index is 0. The van der Waals surface area contributed by atoms with Gasteiger partial charge in [-0.3, -0.25) is 4.79 Å². The molecular weight excluding hydrogens is 230 g/mol. The molecule has 0 amide bonds. The Morgan fingerprint density at radius 1 is 1.53 bits per heavy atom. The summed E-state index contributed by atoms with van der Waals surface area (Å²) in [7, 11) is 0. The number of ketones is 1. The standard InChI is InChI=1S/C11H11NOS.ClH/c1-8(13)7-11-12-9-5-3-2-4-6-10(9)14-11;/h2-4,6H,5,7H2,1H3;1H. The van der Waals surface area contributed by atoms with E-state index in [1.54, 1.807) is 18.3 Å². The molecule has 1 heterocycles. The van der Waals surface area contributed by atoms with Crippen LogP contribution < -0.4 is 17.4 Å². The fourth-order valence-electron chi connectivity index (χ4n) is 1.45. The monoisotopic (exact) mass is 241 g/mol. The van der Waals surface area contributed by atoms with E-state index < -0.39 is 0 Å². The molecule has 0 aromatic carbocycles.